The molecule has 0 aliphatic carbocycles. The third-order valence-electron chi connectivity index (χ3n) is 3.11. The lowest BCUT2D eigenvalue weighted by molar-refractivity contribution is -0.136. The van der Waals surface area contributed by atoms with E-state index in [1.54, 1.807) is 13.0 Å². The fraction of sp³-hybridized carbons (Fsp3) is 0.267. The van der Waals surface area contributed by atoms with Crippen LogP contribution in [0.15, 0.2) is 46.7 Å². The average molecular weight is 339 g/mol. The van der Waals surface area contributed by atoms with E-state index in [4.69, 9.17) is 5.11 Å². The predicted molar refractivity (Wildman–Crippen MR) is 85.4 cm³/mol. The summed E-state index contributed by atoms with van der Waals surface area (Å²) >= 11 is 1.01. The summed E-state index contributed by atoms with van der Waals surface area (Å²) in [5.74, 6) is -0.970. The van der Waals surface area contributed by atoms with Gasteiger partial charge in [-0.1, -0.05) is 37.3 Å². The van der Waals surface area contributed by atoms with Crippen LogP contribution in [-0.2, 0) is 27.8 Å². The Kier molecular flexibility index (Phi) is 5.33. The minimum atomic E-state index is -3.61. The number of rotatable bonds is 7. The molecule has 0 unspecified atom stereocenters. The highest BCUT2D eigenvalue weighted by atomic mass is 32.2. The number of carboxylic acid groups (broad SMARTS) is 1. The van der Waals surface area contributed by atoms with Crippen LogP contribution in [0.5, 0.6) is 0 Å². The van der Waals surface area contributed by atoms with Crippen LogP contribution in [0.1, 0.15) is 17.4 Å². The molecule has 2 aromatic rings. The molecule has 0 aliphatic rings. The molecule has 0 spiro atoms. The summed E-state index contributed by atoms with van der Waals surface area (Å²) in [4.78, 5) is 11.2. The third kappa shape index (κ3) is 3.94. The summed E-state index contributed by atoms with van der Waals surface area (Å²) < 4.78 is 26.9. The van der Waals surface area contributed by atoms with Gasteiger partial charge in [0.2, 0.25) is 0 Å². The minimum absolute atomic E-state index is 0.162. The van der Waals surface area contributed by atoms with Gasteiger partial charge in [-0.15, -0.1) is 11.3 Å². The zero-order chi connectivity index (χ0) is 16.2. The first kappa shape index (κ1) is 16.7. The standard InChI is InChI=1S/C15H17NO4S2/c1-2-16(11-12-6-4-3-5-7-12)22(19,20)15-9-8-13(21-15)10-14(17)18/h3-9H,2,10-11H2,1H3,(H,17,18). The summed E-state index contributed by atoms with van der Waals surface area (Å²) in [5, 5.41) is 8.78. The van der Waals surface area contributed by atoms with Gasteiger partial charge in [-0.3, -0.25) is 4.79 Å². The van der Waals surface area contributed by atoms with Crippen LogP contribution in [0.4, 0.5) is 0 Å². The molecule has 0 radical (unpaired) electrons. The molecule has 1 heterocycles. The van der Waals surface area contributed by atoms with E-state index in [0.717, 1.165) is 16.9 Å². The Morgan fingerprint density at radius 2 is 1.86 bits per heavy atom. The molecule has 1 N–H and O–H groups in total. The first-order valence-corrected chi connectivity index (χ1v) is 9.03. The third-order valence-corrected chi connectivity index (χ3v) is 6.58. The SMILES string of the molecule is CCN(Cc1ccccc1)S(=O)(=O)c1ccc(CC(=O)O)s1. The van der Waals surface area contributed by atoms with Crippen molar-refractivity contribution in [3.8, 4) is 0 Å². The molecule has 5 nitrogen and oxygen atoms in total. The Bertz CT molecular complexity index is 738. The highest BCUT2D eigenvalue weighted by Gasteiger charge is 2.25. The van der Waals surface area contributed by atoms with E-state index in [1.807, 2.05) is 30.3 Å². The molecule has 0 atom stereocenters. The number of carboxylic acids is 1. The van der Waals surface area contributed by atoms with Crippen LogP contribution in [0.3, 0.4) is 0 Å². The van der Waals surface area contributed by atoms with Crippen molar-refractivity contribution in [3.05, 3.63) is 52.9 Å². The normalized spacial score (nSPS) is 11.7. The topological polar surface area (TPSA) is 74.7 Å². The largest absolute Gasteiger partial charge is 0.481 e. The van der Waals surface area contributed by atoms with Crippen LogP contribution in [0, 0.1) is 0 Å². The van der Waals surface area contributed by atoms with Crippen molar-refractivity contribution in [3.63, 3.8) is 0 Å². The van der Waals surface area contributed by atoms with Crippen LogP contribution in [0.2, 0.25) is 0 Å². The van der Waals surface area contributed by atoms with Crippen LogP contribution >= 0.6 is 11.3 Å². The van der Waals surface area contributed by atoms with E-state index in [0.29, 0.717) is 18.0 Å². The molecular formula is C15H17NO4S2. The molecule has 0 bridgehead atoms. The Morgan fingerprint density at radius 1 is 1.18 bits per heavy atom. The minimum Gasteiger partial charge on any atom is -0.481 e. The van der Waals surface area contributed by atoms with Gasteiger partial charge in [-0.05, 0) is 17.7 Å². The second-order valence-corrected chi connectivity index (χ2v) is 8.04. The molecular weight excluding hydrogens is 322 g/mol. The van der Waals surface area contributed by atoms with Crippen molar-refractivity contribution in [2.75, 3.05) is 6.54 Å². The van der Waals surface area contributed by atoms with Crippen molar-refractivity contribution in [1.82, 2.24) is 4.31 Å². The number of hydrogen-bond donors (Lipinski definition) is 1. The molecule has 118 valence electrons. The van der Waals surface area contributed by atoms with Crippen molar-refractivity contribution in [2.24, 2.45) is 0 Å². The molecule has 2 rings (SSSR count). The van der Waals surface area contributed by atoms with Crippen LogP contribution < -0.4 is 0 Å². The Balaban J connectivity index is 2.23. The van der Waals surface area contributed by atoms with E-state index in [1.165, 1.54) is 10.4 Å². The van der Waals surface area contributed by atoms with Gasteiger partial charge in [0.25, 0.3) is 10.0 Å². The van der Waals surface area contributed by atoms with E-state index in [-0.39, 0.29) is 10.6 Å². The highest BCUT2D eigenvalue weighted by molar-refractivity contribution is 7.91. The lowest BCUT2D eigenvalue weighted by Gasteiger charge is -2.19. The monoisotopic (exact) mass is 339 g/mol. The van der Waals surface area contributed by atoms with Crippen molar-refractivity contribution < 1.29 is 18.3 Å². The summed E-state index contributed by atoms with van der Waals surface area (Å²) in [6, 6.07) is 12.4. The average Bonchev–Trinajstić information content (AvgIpc) is 2.94. The molecule has 7 heteroatoms. The van der Waals surface area contributed by atoms with Gasteiger partial charge in [0, 0.05) is 18.0 Å². The maximum atomic E-state index is 12.7. The molecule has 22 heavy (non-hydrogen) atoms. The van der Waals surface area contributed by atoms with Gasteiger partial charge in [-0.25, -0.2) is 8.42 Å². The first-order chi connectivity index (χ1) is 10.4. The lowest BCUT2D eigenvalue weighted by Crippen LogP contribution is -2.29. The molecule has 0 saturated heterocycles. The number of thiophene rings is 1. The number of nitrogens with zero attached hydrogens (tertiary/aromatic N) is 1. The van der Waals surface area contributed by atoms with E-state index < -0.39 is 16.0 Å². The Hall–Kier alpha value is -1.70. The maximum Gasteiger partial charge on any atom is 0.308 e. The Labute approximate surface area is 133 Å². The van der Waals surface area contributed by atoms with Crippen LogP contribution in [-0.4, -0.2) is 30.3 Å². The predicted octanol–water partition coefficient (Wildman–Crippen LogP) is 2.59. The Morgan fingerprint density at radius 3 is 2.45 bits per heavy atom. The first-order valence-electron chi connectivity index (χ1n) is 6.78. The summed E-state index contributed by atoms with van der Waals surface area (Å²) in [6.07, 6.45) is -0.162. The van der Waals surface area contributed by atoms with Gasteiger partial charge < -0.3 is 5.11 Å². The van der Waals surface area contributed by atoms with Gasteiger partial charge >= 0.3 is 5.97 Å². The van der Waals surface area contributed by atoms with E-state index in [9.17, 15) is 13.2 Å². The van der Waals surface area contributed by atoms with Gasteiger partial charge in [0.1, 0.15) is 4.21 Å². The summed E-state index contributed by atoms with van der Waals surface area (Å²) in [5.41, 5.74) is 0.912. The van der Waals surface area contributed by atoms with Gasteiger partial charge in [0.05, 0.1) is 6.42 Å². The molecule has 0 fully saturated rings. The molecule has 0 amide bonds. The molecule has 0 aliphatic heterocycles. The molecule has 1 aromatic heterocycles. The fourth-order valence-electron chi connectivity index (χ4n) is 2.02. The summed E-state index contributed by atoms with van der Waals surface area (Å²) in [7, 11) is -3.61. The number of hydrogen-bond acceptors (Lipinski definition) is 4. The van der Waals surface area contributed by atoms with Crippen LogP contribution in [0.25, 0.3) is 0 Å². The van der Waals surface area contributed by atoms with E-state index >= 15 is 0 Å². The molecule has 0 saturated carbocycles. The molecule has 1 aromatic carbocycles. The maximum absolute atomic E-state index is 12.7. The summed E-state index contributed by atoms with van der Waals surface area (Å²) in [6.45, 7) is 2.43. The van der Waals surface area contributed by atoms with Gasteiger partial charge in [0.15, 0.2) is 0 Å². The number of benzene rings is 1. The smallest absolute Gasteiger partial charge is 0.308 e. The number of aliphatic carboxylic acids is 1. The lowest BCUT2D eigenvalue weighted by atomic mass is 10.2. The van der Waals surface area contributed by atoms with Crippen molar-refractivity contribution in [1.29, 1.82) is 0 Å². The second kappa shape index (κ2) is 7.04. The highest BCUT2D eigenvalue weighted by Crippen LogP contribution is 2.26. The number of sulfonamides is 1. The van der Waals surface area contributed by atoms with Crippen molar-refractivity contribution >= 4 is 27.3 Å². The fourth-order valence-corrected chi connectivity index (χ4v) is 4.96. The zero-order valence-corrected chi connectivity index (χ0v) is 13.7. The second-order valence-electron chi connectivity index (χ2n) is 4.71. The quantitative estimate of drug-likeness (QED) is 0.841. The number of carbonyl (C=O) groups is 1. The van der Waals surface area contributed by atoms with E-state index in [2.05, 4.69) is 0 Å². The zero-order valence-electron chi connectivity index (χ0n) is 12.1. The van der Waals surface area contributed by atoms with Gasteiger partial charge in [-0.2, -0.15) is 4.31 Å². The van der Waals surface area contributed by atoms with Crippen molar-refractivity contribution in [2.45, 2.75) is 24.1 Å².